The number of carbonyl (C=O) groups is 3. The molecule has 2 heterocycles. The van der Waals surface area contributed by atoms with Crippen LogP contribution in [-0.2, 0) is 28.0 Å². The average Bonchev–Trinajstić information content (AvgIpc) is 3.32. The van der Waals surface area contributed by atoms with Crippen LogP contribution in [0.15, 0.2) is 42.5 Å². The number of nitrogens with one attached hydrogen (secondary N) is 1. The molecule has 1 aliphatic carbocycles. The molecule has 0 aromatic heterocycles. The van der Waals surface area contributed by atoms with E-state index in [1.54, 1.807) is 18.9 Å². The first-order valence-electron chi connectivity index (χ1n) is 10.7. The molecular formula is C24H25N3O4. The molecule has 31 heavy (non-hydrogen) atoms. The van der Waals surface area contributed by atoms with Crippen molar-refractivity contribution in [3.63, 3.8) is 0 Å². The lowest BCUT2D eigenvalue weighted by Crippen LogP contribution is -2.51. The number of para-hydroxylation sites is 1. The third-order valence-corrected chi connectivity index (χ3v) is 6.79. The molecule has 1 saturated heterocycles. The lowest BCUT2D eigenvalue weighted by atomic mass is 9.76. The molecule has 7 heteroatoms. The number of urea groups is 1. The van der Waals surface area contributed by atoms with Crippen LogP contribution in [0.2, 0.25) is 0 Å². The van der Waals surface area contributed by atoms with Gasteiger partial charge in [-0.05, 0) is 67.5 Å². The molecule has 7 nitrogen and oxygen atoms in total. The maximum atomic E-state index is 13.7. The van der Waals surface area contributed by atoms with E-state index >= 15 is 0 Å². The second kappa shape index (κ2) is 7.11. The van der Waals surface area contributed by atoms with Crippen molar-refractivity contribution in [1.29, 1.82) is 0 Å². The van der Waals surface area contributed by atoms with Crippen LogP contribution in [0.5, 0.6) is 5.75 Å². The lowest BCUT2D eigenvalue weighted by Gasteiger charge is -2.34. The predicted octanol–water partition coefficient (Wildman–Crippen LogP) is 2.76. The Morgan fingerprint density at radius 2 is 1.94 bits per heavy atom. The molecule has 160 valence electrons. The number of ether oxygens (including phenoxy) is 1. The zero-order valence-corrected chi connectivity index (χ0v) is 17.7. The number of aryl methyl sites for hydroxylation is 1. The van der Waals surface area contributed by atoms with Gasteiger partial charge in [0, 0.05) is 12.2 Å². The van der Waals surface area contributed by atoms with Gasteiger partial charge in [-0.15, -0.1) is 0 Å². The van der Waals surface area contributed by atoms with E-state index in [0.717, 1.165) is 52.3 Å². The Balaban J connectivity index is 1.46. The van der Waals surface area contributed by atoms with Crippen LogP contribution in [0.1, 0.15) is 36.5 Å². The number of fused-ring (bicyclic) bond motifs is 3. The number of nitrogens with zero attached hydrogens (tertiary/aromatic N) is 2. The molecule has 4 amide bonds. The number of amides is 4. The molecule has 2 atom stereocenters. The van der Waals surface area contributed by atoms with E-state index in [2.05, 4.69) is 5.32 Å². The Morgan fingerprint density at radius 1 is 1.13 bits per heavy atom. The van der Waals surface area contributed by atoms with Crippen molar-refractivity contribution in [2.45, 2.75) is 44.2 Å². The topological polar surface area (TPSA) is 79.0 Å². The van der Waals surface area contributed by atoms with E-state index in [9.17, 15) is 14.4 Å². The van der Waals surface area contributed by atoms with Gasteiger partial charge < -0.3 is 15.0 Å². The van der Waals surface area contributed by atoms with Gasteiger partial charge in [-0.2, -0.15) is 0 Å². The zero-order valence-electron chi connectivity index (χ0n) is 17.7. The first-order chi connectivity index (χ1) is 15.0. The van der Waals surface area contributed by atoms with E-state index in [4.69, 9.17) is 4.74 Å². The Bertz CT molecular complexity index is 1100. The minimum absolute atomic E-state index is 0.240. The van der Waals surface area contributed by atoms with E-state index < -0.39 is 17.6 Å². The Hall–Kier alpha value is -3.35. The monoisotopic (exact) mass is 419 g/mol. The summed E-state index contributed by atoms with van der Waals surface area (Å²) in [5.41, 5.74) is 2.64. The van der Waals surface area contributed by atoms with Crippen molar-refractivity contribution in [3.05, 3.63) is 59.2 Å². The fourth-order valence-corrected chi connectivity index (χ4v) is 5.20. The second-order valence-electron chi connectivity index (χ2n) is 8.43. The number of carbonyl (C=O) groups excluding carboxylic acids is 3. The van der Waals surface area contributed by atoms with Gasteiger partial charge in [-0.25, -0.2) is 9.69 Å². The maximum absolute atomic E-state index is 13.7. The van der Waals surface area contributed by atoms with E-state index in [-0.39, 0.29) is 11.8 Å². The fraction of sp³-hybridized carbons (Fsp3) is 0.375. The van der Waals surface area contributed by atoms with E-state index in [1.807, 2.05) is 42.5 Å². The number of methoxy groups -OCH3 is 1. The van der Waals surface area contributed by atoms with Crippen LogP contribution >= 0.6 is 0 Å². The quantitative estimate of drug-likeness (QED) is 0.776. The predicted molar refractivity (Wildman–Crippen MR) is 115 cm³/mol. The molecule has 1 fully saturated rings. The number of imide groups is 1. The summed E-state index contributed by atoms with van der Waals surface area (Å²) in [6, 6.07) is 12.0. The number of anilines is 1. The summed E-state index contributed by atoms with van der Waals surface area (Å²) in [7, 11) is 1.61. The first-order valence-corrected chi connectivity index (χ1v) is 10.7. The maximum Gasteiger partial charge on any atom is 0.326 e. The molecule has 2 aromatic rings. The molecule has 0 unspecified atom stereocenters. The third-order valence-electron chi connectivity index (χ3n) is 6.79. The summed E-state index contributed by atoms with van der Waals surface area (Å²) in [6.45, 7) is 2.19. The van der Waals surface area contributed by atoms with Gasteiger partial charge in [0.25, 0.3) is 5.91 Å². The number of hydrogen-bond acceptors (Lipinski definition) is 4. The summed E-state index contributed by atoms with van der Waals surface area (Å²) in [5.74, 6) is 0.133. The molecule has 1 spiro atoms. The van der Waals surface area contributed by atoms with Crippen molar-refractivity contribution in [1.82, 2.24) is 10.2 Å². The van der Waals surface area contributed by atoms with Gasteiger partial charge in [0.1, 0.15) is 17.3 Å². The van der Waals surface area contributed by atoms with Crippen LogP contribution in [0.3, 0.4) is 0 Å². The van der Waals surface area contributed by atoms with Crippen LogP contribution in [0.4, 0.5) is 10.5 Å². The smallest absolute Gasteiger partial charge is 0.326 e. The highest BCUT2D eigenvalue weighted by Gasteiger charge is 2.56. The number of hydrogen-bond donors (Lipinski definition) is 1. The highest BCUT2D eigenvalue weighted by Crippen LogP contribution is 2.42. The van der Waals surface area contributed by atoms with Crippen molar-refractivity contribution in [2.24, 2.45) is 0 Å². The summed E-state index contributed by atoms with van der Waals surface area (Å²) < 4.78 is 5.32. The van der Waals surface area contributed by atoms with Crippen LogP contribution in [0.25, 0.3) is 0 Å². The molecule has 0 radical (unpaired) electrons. The van der Waals surface area contributed by atoms with Crippen molar-refractivity contribution in [2.75, 3.05) is 18.6 Å². The Labute approximate surface area is 181 Å². The number of rotatable bonds is 3. The molecule has 3 aliphatic rings. The zero-order chi connectivity index (χ0) is 21.8. The molecule has 2 aliphatic heterocycles. The van der Waals surface area contributed by atoms with E-state index in [1.165, 1.54) is 0 Å². The van der Waals surface area contributed by atoms with Crippen molar-refractivity contribution >= 4 is 23.5 Å². The third kappa shape index (κ3) is 2.83. The van der Waals surface area contributed by atoms with Gasteiger partial charge in [-0.1, -0.05) is 24.3 Å². The average molecular weight is 419 g/mol. The summed E-state index contributed by atoms with van der Waals surface area (Å²) >= 11 is 0. The Kier molecular flexibility index (Phi) is 4.50. The lowest BCUT2D eigenvalue weighted by molar-refractivity contribution is -0.137. The highest BCUT2D eigenvalue weighted by atomic mass is 16.5. The van der Waals surface area contributed by atoms with Gasteiger partial charge in [0.05, 0.1) is 7.11 Å². The molecule has 1 N–H and O–H groups in total. The standard InChI is InChI=1S/C24H25N3O4/c1-15(21(28)26-13-11-16-6-3-4-8-20(16)26)27-22(29)24(25-23(27)30)12-5-7-17-14-18(31-2)9-10-19(17)24/h3-4,6,8-10,14-15H,5,7,11-13H2,1-2H3,(H,25,30)/t15-,24+/m0/s1. The summed E-state index contributed by atoms with van der Waals surface area (Å²) in [5, 5.41) is 2.93. The molecule has 0 bridgehead atoms. The number of benzene rings is 2. The largest absolute Gasteiger partial charge is 0.497 e. The first kappa shape index (κ1) is 19.6. The van der Waals surface area contributed by atoms with Gasteiger partial charge >= 0.3 is 6.03 Å². The van der Waals surface area contributed by atoms with Crippen LogP contribution in [0, 0.1) is 0 Å². The SMILES string of the molecule is COc1ccc2c(c1)CCC[C@@]21NC(=O)N([C@@H](C)C(=O)N2CCc3ccccc32)C1=O. The highest BCUT2D eigenvalue weighted by molar-refractivity contribution is 6.12. The molecule has 2 aromatic carbocycles. The summed E-state index contributed by atoms with van der Waals surface area (Å²) in [4.78, 5) is 42.8. The minimum Gasteiger partial charge on any atom is -0.497 e. The van der Waals surface area contributed by atoms with Crippen LogP contribution in [-0.4, -0.2) is 42.4 Å². The van der Waals surface area contributed by atoms with Crippen molar-refractivity contribution < 1.29 is 19.1 Å². The molecule has 0 saturated carbocycles. The minimum atomic E-state index is -1.12. The molecular weight excluding hydrogens is 394 g/mol. The Morgan fingerprint density at radius 3 is 2.74 bits per heavy atom. The van der Waals surface area contributed by atoms with Crippen LogP contribution < -0.4 is 15.0 Å². The summed E-state index contributed by atoms with van der Waals surface area (Å²) in [6.07, 6.45) is 2.87. The van der Waals surface area contributed by atoms with E-state index in [0.29, 0.717) is 13.0 Å². The second-order valence-corrected chi connectivity index (χ2v) is 8.43. The van der Waals surface area contributed by atoms with Crippen molar-refractivity contribution in [3.8, 4) is 5.75 Å². The fourth-order valence-electron chi connectivity index (χ4n) is 5.20. The molecule has 5 rings (SSSR count). The normalized spacial score (nSPS) is 22.9. The van der Waals surface area contributed by atoms with Gasteiger partial charge in [-0.3, -0.25) is 9.59 Å². The van der Waals surface area contributed by atoms with Gasteiger partial charge in [0.15, 0.2) is 0 Å². The van der Waals surface area contributed by atoms with Gasteiger partial charge in [0.2, 0.25) is 5.91 Å².